The molecular formula is C19H25NO10. The molecule has 2 fully saturated rings. The first-order chi connectivity index (χ1) is 14.3. The maximum atomic E-state index is 10.2. The quantitative estimate of drug-likeness (QED) is 0.283. The maximum Gasteiger partial charge on any atom is 0.188 e. The molecule has 0 aromatic heterocycles. The molecule has 2 aliphatic heterocycles. The van der Waals surface area contributed by atoms with E-state index in [1.54, 1.807) is 30.3 Å². The fraction of sp³-hybridized carbons (Fsp3) is 0.632. The van der Waals surface area contributed by atoms with Gasteiger partial charge >= 0.3 is 0 Å². The minimum absolute atomic E-state index is 0.273. The second kappa shape index (κ2) is 10.1. The average Bonchev–Trinajstić information content (AvgIpc) is 2.76. The third-order valence-electron chi connectivity index (χ3n) is 5.04. The Morgan fingerprint density at radius 1 is 0.933 bits per heavy atom. The molecule has 0 amide bonds. The highest BCUT2D eigenvalue weighted by atomic mass is 16.7. The Balaban J connectivity index is 1.63. The molecule has 0 saturated carbocycles. The van der Waals surface area contributed by atoms with E-state index in [0.717, 1.165) is 0 Å². The van der Waals surface area contributed by atoms with E-state index in [2.05, 4.69) is 0 Å². The maximum absolute atomic E-state index is 10.2. The van der Waals surface area contributed by atoms with Crippen LogP contribution in [0.2, 0.25) is 0 Å². The molecule has 0 radical (unpaired) electrons. The number of aliphatic hydroxyl groups excluding tert-OH is 6. The molecule has 10 atom stereocenters. The lowest BCUT2D eigenvalue weighted by atomic mass is 9.99. The molecule has 6 N–H and O–H groups in total. The lowest BCUT2D eigenvalue weighted by Gasteiger charge is -2.41. The summed E-state index contributed by atoms with van der Waals surface area (Å²) in [5.74, 6) is 0. The first kappa shape index (κ1) is 23.0. The van der Waals surface area contributed by atoms with Crippen LogP contribution in [-0.4, -0.2) is 99.2 Å². The van der Waals surface area contributed by atoms with Crippen molar-refractivity contribution in [1.29, 1.82) is 5.26 Å². The Kier molecular flexibility index (Phi) is 7.72. The fourth-order valence-corrected chi connectivity index (χ4v) is 3.23. The molecule has 11 heteroatoms. The largest absolute Gasteiger partial charge is 0.388 e. The van der Waals surface area contributed by atoms with Crippen LogP contribution in [0.15, 0.2) is 30.3 Å². The van der Waals surface area contributed by atoms with E-state index in [1.165, 1.54) is 0 Å². The van der Waals surface area contributed by atoms with Crippen LogP contribution in [0.1, 0.15) is 11.7 Å². The zero-order chi connectivity index (χ0) is 21.8. The van der Waals surface area contributed by atoms with Crippen LogP contribution < -0.4 is 0 Å². The van der Waals surface area contributed by atoms with Crippen molar-refractivity contribution in [1.82, 2.24) is 0 Å². The molecule has 1 aromatic carbocycles. The van der Waals surface area contributed by atoms with Crippen LogP contribution in [0.25, 0.3) is 0 Å². The van der Waals surface area contributed by atoms with Crippen molar-refractivity contribution in [3.8, 4) is 6.07 Å². The zero-order valence-electron chi connectivity index (χ0n) is 15.8. The molecule has 0 bridgehead atoms. The Labute approximate surface area is 172 Å². The molecule has 1 aromatic rings. The molecule has 0 aliphatic carbocycles. The smallest absolute Gasteiger partial charge is 0.188 e. The monoisotopic (exact) mass is 427 g/mol. The number of hydrogen-bond acceptors (Lipinski definition) is 11. The van der Waals surface area contributed by atoms with Gasteiger partial charge in [-0.2, -0.15) is 5.26 Å². The Morgan fingerprint density at radius 3 is 2.27 bits per heavy atom. The van der Waals surface area contributed by atoms with Gasteiger partial charge in [-0.1, -0.05) is 30.3 Å². The van der Waals surface area contributed by atoms with E-state index in [-0.39, 0.29) is 6.61 Å². The Morgan fingerprint density at radius 2 is 1.60 bits per heavy atom. The van der Waals surface area contributed by atoms with Crippen LogP contribution in [0.4, 0.5) is 0 Å². The number of ether oxygens (including phenoxy) is 4. The highest BCUT2D eigenvalue weighted by Gasteiger charge is 2.46. The summed E-state index contributed by atoms with van der Waals surface area (Å²) >= 11 is 0. The Hall–Kier alpha value is -1.69. The van der Waals surface area contributed by atoms with Crippen molar-refractivity contribution in [2.75, 3.05) is 13.2 Å². The molecule has 2 saturated heterocycles. The van der Waals surface area contributed by atoms with E-state index >= 15 is 0 Å². The van der Waals surface area contributed by atoms with Crippen molar-refractivity contribution >= 4 is 0 Å². The predicted molar refractivity (Wildman–Crippen MR) is 96.3 cm³/mol. The lowest BCUT2D eigenvalue weighted by Crippen LogP contribution is -2.60. The number of hydrogen-bond donors (Lipinski definition) is 6. The molecule has 30 heavy (non-hydrogen) atoms. The lowest BCUT2D eigenvalue weighted by molar-refractivity contribution is -0.325. The average molecular weight is 427 g/mol. The fourth-order valence-electron chi connectivity index (χ4n) is 3.23. The topological polar surface area (TPSA) is 182 Å². The summed E-state index contributed by atoms with van der Waals surface area (Å²) in [4.78, 5) is 0. The number of aliphatic hydroxyl groups is 6. The van der Waals surface area contributed by atoms with Gasteiger partial charge < -0.3 is 49.6 Å². The van der Waals surface area contributed by atoms with Crippen LogP contribution in [0.5, 0.6) is 0 Å². The predicted octanol–water partition coefficient (Wildman–Crippen LogP) is -2.47. The highest BCUT2D eigenvalue weighted by molar-refractivity contribution is 5.22. The van der Waals surface area contributed by atoms with Crippen LogP contribution in [0.3, 0.4) is 0 Å². The van der Waals surface area contributed by atoms with E-state index in [9.17, 15) is 35.9 Å². The molecule has 3 rings (SSSR count). The third-order valence-corrected chi connectivity index (χ3v) is 5.04. The van der Waals surface area contributed by atoms with Gasteiger partial charge in [0, 0.05) is 0 Å². The van der Waals surface area contributed by atoms with Crippen molar-refractivity contribution in [2.45, 2.75) is 61.4 Å². The van der Waals surface area contributed by atoms with Gasteiger partial charge in [-0.05, 0) is 5.56 Å². The van der Waals surface area contributed by atoms with Gasteiger partial charge in [0.15, 0.2) is 18.7 Å². The van der Waals surface area contributed by atoms with Crippen molar-refractivity contribution in [3.63, 3.8) is 0 Å². The normalized spacial score (nSPS) is 40.5. The summed E-state index contributed by atoms with van der Waals surface area (Å²) in [5.41, 5.74) is 0.510. The standard InChI is InChI=1S/C19H25NO10/c20-6-11(9-4-2-1-3-5-9)29-19-17(26)15(24)14(23)12(30-19)8-28-18-16(25)13(22)10(21)7-27-18/h1-5,10-19,21-26H,7-8H2/t10-,11-,12+,13-,14-,15-,16-,17-,18+,19-/m1/s1. The molecule has 166 valence electrons. The van der Waals surface area contributed by atoms with Crippen LogP contribution in [-0.2, 0) is 18.9 Å². The molecular weight excluding hydrogens is 402 g/mol. The van der Waals surface area contributed by atoms with Crippen molar-refractivity contribution < 1.29 is 49.6 Å². The number of nitrogens with zero attached hydrogens (tertiary/aromatic N) is 1. The summed E-state index contributed by atoms with van der Waals surface area (Å²) in [6.07, 6.45) is -14.2. The van der Waals surface area contributed by atoms with Gasteiger partial charge in [0.25, 0.3) is 0 Å². The molecule has 11 nitrogen and oxygen atoms in total. The van der Waals surface area contributed by atoms with E-state index in [4.69, 9.17) is 18.9 Å². The minimum atomic E-state index is -1.66. The first-order valence-corrected chi connectivity index (χ1v) is 9.40. The molecule has 2 heterocycles. The zero-order valence-corrected chi connectivity index (χ0v) is 15.8. The molecule has 2 aliphatic rings. The third kappa shape index (κ3) is 4.96. The summed E-state index contributed by atoms with van der Waals surface area (Å²) in [7, 11) is 0. The second-order valence-electron chi connectivity index (χ2n) is 7.15. The van der Waals surface area contributed by atoms with Crippen LogP contribution in [0, 0.1) is 11.3 Å². The minimum Gasteiger partial charge on any atom is -0.388 e. The van der Waals surface area contributed by atoms with Gasteiger partial charge in [0.2, 0.25) is 0 Å². The van der Waals surface area contributed by atoms with E-state index in [0.29, 0.717) is 5.56 Å². The number of rotatable bonds is 6. The van der Waals surface area contributed by atoms with Gasteiger partial charge in [-0.25, -0.2) is 0 Å². The molecule has 0 spiro atoms. The van der Waals surface area contributed by atoms with E-state index in [1.807, 2.05) is 6.07 Å². The molecule has 0 unspecified atom stereocenters. The summed E-state index contributed by atoms with van der Waals surface area (Å²) < 4.78 is 21.5. The summed E-state index contributed by atoms with van der Waals surface area (Å²) in [5, 5.41) is 69.0. The van der Waals surface area contributed by atoms with Crippen molar-refractivity contribution in [3.05, 3.63) is 35.9 Å². The van der Waals surface area contributed by atoms with Gasteiger partial charge in [0.05, 0.1) is 19.3 Å². The van der Waals surface area contributed by atoms with Crippen molar-refractivity contribution in [2.24, 2.45) is 0 Å². The van der Waals surface area contributed by atoms with Crippen LogP contribution >= 0.6 is 0 Å². The summed E-state index contributed by atoms with van der Waals surface area (Å²) in [6, 6.07) is 10.4. The number of nitriles is 1. The highest BCUT2D eigenvalue weighted by Crippen LogP contribution is 2.28. The van der Waals surface area contributed by atoms with Gasteiger partial charge in [-0.3, -0.25) is 0 Å². The van der Waals surface area contributed by atoms with E-state index < -0.39 is 68.0 Å². The summed E-state index contributed by atoms with van der Waals surface area (Å²) in [6.45, 7) is -0.678. The Bertz CT molecular complexity index is 715. The second-order valence-corrected chi connectivity index (χ2v) is 7.15. The van der Waals surface area contributed by atoms with Gasteiger partial charge in [-0.15, -0.1) is 0 Å². The number of benzene rings is 1. The first-order valence-electron chi connectivity index (χ1n) is 9.40. The SMILES string of the molecule is N#C[C@@H](O[C@@H]1O[C@@H](CO[C@@H]2OC[C@@H](O)[C@@H](O)[C@H]2O)[C@@H](O)[C@@H](O)[C@H]1O)c1ccccc1. The van der Waals surface area contributed by atoms with Gasteiger partial charge in [0.1, 0.15) is 42.7 Å².